The largest absolute Gasteiger partial charge is 0.376 e. The molecule has 0 bridgehead atoms. The lowest BCUT2D eigenvalue weighted by Gasteiger charge is -2.36. The minimum Gasteiger partial charge on any atom is -0.376 e. The fourth-order valence-electron chi connectivity index (χ4n) is 3.58. The molecule has 1 atom stereocenters. The summed E-state index contributed by atoms with van der Waals surface area (Å²) < 4.78 is 19.5. The number of nitrogens with zero attached hydrogens (tertiary/aromatic N) is 4. The van der Waals surface area contributed by atoms with Crippen LogP contribution in [-0.2, 0) is 4.74 Å². The number of benzene rings is 1. The molecule has 28 heavy (non-hydrogen) atoms. The van der Waals surface area contributed by atoms with Crippen LogP contribution in [0.4, 0.5) is 16.0 Å². The molecule has 2 aromatic rings. The summed E-state index contributed by atoms with van der Waals surface area (Å²) in [5.74, 6) is 0.164. The van der Waals surface area contributed by atoms with E-state index in [9.17, 15) is 9.18 Å². The smallest absolute Gasteiger partial charge is 0.257 e. The lowest BCUT2D eigenvalue weighted by Crippen LogP contribution is -2.49. The van der Waals surface area contributed by atoms with Crippen molar-refractivity contribution in [3.63, 3.8) is 0 Å². The van der Waals surface area contributed by atoms with Crippen LogP contribution in [0.15, 0.2) is 36.7 Å². The van der Waals surface area contributed by atoms with E-state index in [-0.39, 0.29) is 17.8 Å². The molecule has 0 aliphatic carbocycles. The van der Waals surface area contributed by atoms with Crippen LogP contribution in [0.3, 0.4) is 0 Å². The highest BCUT2D eigenvalue weighted by Crippen LogP contribution is 2.20. The van der Waals surface area contributed by atoms with E-state index >= 15 is 0 Å². The summed E-state index contributed by atoms with van der Waals surface area (Å²) in [7, 11) is 0. The summed E-state index contributed by atoms with van der Waals surface area (Å²) in [6, 6.07) is 6.72. The molecule has 0 saturated carbocycles. The van der Waals surface area contributed by atoms with Crippen molar-refractivity contribution in [2.45, 2.75) is 18.9 Å². The van der Waals surface area contributed by atoms with Crippen molar-refractivity contribution in [1.29, 1.82) is 0 Å². The molecular formula is C20H24FN5O2. The van der Waals surface area contributed by atoms with E-state index < -0.39 is 0 Å². The standard InChI is InChI=1S/C20H24FN5O2/c21-17-5-1-2-6-18(17)25-7-9-26(10-8-25)19(27)15-12-22-20(23-13-15)24-14-16-4-3-11-28-16/h1-2,5-6,12-13,16H,3-4,7-11,14H2,(H,22,23,24). The number of para-hydroxylation sites is 1. The number of halogens is 1. The second kappa shape index (κ2) is 8.52. The highest BCUT2D eigenvalue weighted by atomic mass is 19.1. The topological polar surface area (TPSA) is 70.6 Å². The summed E-state index contributed by atoms with van der Waals surface area (Å²) in [5.41, 5.74) is 1.04. The van der Waals surface area contributed by atoms with Gasteiger partial charge in [0.25, 0.3) is 5.91 Å². The SMILES string of the molecule is O=C(c1cnc(NCC2CCCO2)nc1)N1CCN(c2ccccc2F)CC1. The van der Waals surface area contributed by atoms with E-state index in [1.165, 1.54) is 6.07 Å². The molecule has 1 aromatic carbocycles. The fraction of sp³-hybridized carbons (Fsp3) is 0.450. The number of hydrogen-bond donors (Lipinski definition) is 1. The third-order valence-corrected chi connectivity index (χ3v) is 5.17. The van der Waals surface area contributed by atoms with E-state index in [2.05, 4.69) is 15.3 Å². The third kappa shape index (κ3) is 4.22. The van der Waals surface area contributed by atoms with Gasteiger partial charge >= 0.3 is 0 Å². The van der Waals surface area contributed by atoms with Crippen LogP contribution < -0.4 is 10.2 Å². The summed E-state index contributed by atoms with van der Waals surface area (Å²) in [4.78, 5) is 24.9. The molecule has 0 spiro atoms. The van der Waals surface area contributed by atoms with Gasteiger partial charge in [0.2, 0.25) is 5.95 Å². The number of ether oxygens (including phenoxy) is 1. The number of carbonyl (C=O) groups excluding carboxylic acids is 1. The van der Waals surface area contributed by atoms with Gasteiger partial charge < -0.3 is 19.9 Å². The Hall–Kier alpha value is -2.74. The van der Waals surface area contributed by atoms with Crippen molar-refractivity contribution in [3.8, 4) is 0 Å². The molecule has 4 rings (SSSR count). The van der Waals surface area contributed by atoms with Crippen LogP contribution in [0.1, 0.15) is 23.2 Å². The van der Waals surface area contributed by atoms with Crippen molar-refractivity contribution in [1.82, 2.24) is 14.9 Å². The Morgan fingerprint density at radius 3 is 2.61 bits per heavy atom. The van der Waals surface area contributed by atoms with Crippen molar-refractivity contribution in [2.75, 3.05) is 49.5 Å². The fourth-order valence-corrected chi connectivity index (χ4v) is 3.58. The van der Waals surface area contributed by atoms with E-state index in [1.54, 1.807) is 29.4 Å². The molecule has 148 valence electrons. The van der Waals surface area contributed by atoms with Crippen LogP contribution >= 0.6 is 0 Å². The lowest BCUT2D eigenvalue weighted by molar-refractivity contribution is 0.0745. The van der Waals surface area contributed by atoms with Crippen molar-refractivity contribution in [3.05, 3.63) is 48.0 Å². The van der Waals surface area contributed by atoms with Crippen molar-refractivity contribution in [2.24, 2.45) is 0 Å². The number of piperazine rings is 1. The third-order valence-electron chi connectivity index (χ3n) is 5.17. The molecular weight excluding hydrogens is 361 g/mol. The van der Waals surface area contributed by atoms with Gasteiger partial charge in [0.1, 0.15) is 5.82 Å². The van der Waals surface area contributed by atoms with Gasteiger partial charge in [-0.2, -0.15) is 0 Å². The highest BCUT2D eigenvalue weighted by Gasteiger charge is 2.24. The van der Waals surface area contributed by atoms with E-state index in [4.69, 9.17) is 4.74 Å². The maximum Gasteiger partial charge on any atom is 0.257 e. The highest BCUT2D eigenvalue weighted by molar-refractivity contribution is 5.93. The van der Waals surface area contributed by atoms with Crippen LogP contribution in [0.5, 0.6) is 0 Å². The van der Waals surface area contributed by atoms with Crippen molar-refractivity contribution < 1.29 is 13.9 Å². The average Bonchev–Trinajstić information content (AvgIpc) is 3.26. The minimum atomic E-state index is -0.234. The predicted octanol–water partition coefficient (Wildman–Crippen LogP) is 2.17. The molecule has 1 N–H and O–H groups in total. The molecule has 1 amide bonds. The molecule has 0 radical (unpaired) electrons. The van der Waals surface area contributed by atoms with Gasteiger partial charge in [0.05, 0.1) is 17.4 Å². The Labute approximate surface area is 163 Å². The number of rotatable bonds is 5. The molecule has 3 heterocycles. The molecule has 2 saturated heterocycles. The average molecular weight is 385 g/mol. The van der Waals surface area contributed by atoms with E-state index in [1.807, 2.05) is 11.0 Å². The summed E-state index contributed by atoms with van der Waals surface area (Å²) in [6.07, 6.45) is 5.44. The maximum absolute atomic E-state index is 13.9. The number of aromatic nitrogens is 2. The van der Waals surface area contributed by atoms with Crippen LogP contribution in [0, 0.1) is 5.82 Å². The first-order valence-corrected chi connectivity index (χ1v) is 9.67. The molecule has 2 fully saturated rings. The van der Waals surface area contributed by atoms with Crippen molar-refractivity contribution >= 4 is 17.5 Å². The first kappa shape index (κ1) is 18.6. The van der Waals surface area contributed by atoms with Gasteiger partial charge in [-0.25, -0.2) is 14.4 Å². The zero-order valence-electron chi connectivity index (χ0n) is 15.7. The minimum absolute atomic E-state index is 0.0983. The van der Waals surface area contributed by atoms with Gasteiger partial charge in [-0.3, -0.25) is 4.79 Å². The number of anilines is 2. The Morgan fingerprint density at radius 2 is 1.93 bits per heavy atom. The Kier molecular flexibility index (Phi) is 5.66. The summed E-state index contributed by atoms with van der Waals surface area (Å²) in [5, 5.41) is 3.15. The van der Waals surface area contributed by atoms with E-state index in [0.717, 1.165) is 19.4 Å². The number of hydrogen-bond acceptors (Lipinski definition) is 6. The molecule has 8 heteroatoms. The zero-order chi connectivity index (χ0) is 19.3. The molecule has 2 aliphatic heterocycles. The summed E-state index contributed by atoms with van der Waals surface area (Å²) in [6.45, 7) is 3.73. The monoisotopic (exact) mass is 385 g/mol. The second-order valence-corrected chi connectivity index (χ2v) is 7.04. The quantitative estimate of drug-likeness (QED) is 0.851. The normalized spacial score (nSPS) is 19.7. The number of nitrogens with one attached hydrogen (secondary N) is 1. The van der Waals surface area contributed by atoms with Crippen LogP contribution in [0.25, 0.3) is 0 Å². The predicted molar refractivity (Wildman–Crippen MR) is 104 cm³/mol. The first-order chi connectivity index (χ1) is 13.7. The molecule has 7 nitrogen and oxygen atoms in total. The van der Waals surface area contributed by atoms with Crippen LogP contribution in [-0.4, -0.2) is 66.2 Å². The van der Waals surface area contributed by atoms with Crippen LogP contribution in [0.2, 0.25) is 0 Å². The second-order valence-electron chi connectivity index (χ2n) is 7.04. The zero-order valence-corrected chi connectivity index (χ0v) is 15.7. The van der Waals surface area contributed by atoms with Gasteiger partial charge in [-0.1, -0.05) is 12.1 Å². The Bertz CT molecular complexity index is 802. The maximum atomic E-state index is 13.9. The molecule has 1 aromatic heterocycles. The van der Waals surface area contributed by atoms with Gasteiger partial charge in [-0.15, -0.1) is 0 Å². The van der Waals surface area contributed by atoms with Gasteiger partial charge in [0.15, 0.2) is 0 Å². The van der Waals surface area contributed by atoms with Gasteiger partial charge in [0, 0.05) is 51.7 Å². The van der Waals surface area contributed by atoms with Gasteiger partial charge in [-0.05, 0) is 25.0 Å². The molecule has 2 aliphatic rings. The summed E-state index contributed by atoms with van der Waals surface area (Å²) >= 11 is 0. The first-order valence-electron chi connectivity index (χ1n) is 9.67. The molecule has 1 unspecified atom stereocenters. The lowest BCUT2D eigenvalue weighted by atomic mass is 10.2. The Balaban J connectivity index is 1.30. The number of amides is 1. The Morgan fingerprint density at radius 1 is 1.18 bits per heavy atom. The van der Waals surface area contributed by atoms with E-state index in [0.29, 0.717) is 49.9 Å². The number of carbonyl (C=O) groups is 1.